The molecule has 0 atom stereocenters. The molecule has 0 fully saturated rings. The fourth-order valence-corrected chi connectivity index (χ4v) is 2.65. The number of nitrogens with zero attached hydrogens (tertiary/aromatic N) is 1. The van der Waals surface area contributed by atoms with Crippen molar-refractivity contribution in [1.82, 2.24) is 4.98 Å². The first kappa shape index (κ1) is 15.7. The van der Waals surface area contributed by atoms with Gasteiger partial charge in [0.25, 0.3) is 5.69 Å². The number of anilines is 1. The lowest BCUT2D eigenvalue weighted by molar-refractivity contribution is -0.384. The maximum absolute atomic E-state index is 13.5. The second-order valence-electron chi connectivity index (χ2n) is 5.45. The van der Waals surface area contributed by atoms with Crippen LogP contribution in [0.15, 0.2) is 42.5 Å². The number of amides is 1. The van der Waals surface area contributed by atoms with E-state index in [2.05, 4.69) is 10.3 Å². The van der Waals surface area contributed by atoms with E-state index in [0.29, 0.717) is 16.6 Å². The third-order valence-corrected chi connectivity index (χ3v) is 3.76. The summed E-state index contributed by atoms with van der Waals surface area (Å²) in [6.07, 6.45) is 0.0397. The molecular formula is C17H14FN3O3. The van der Waals surface area contributed by atoms with Crippen LogP contribution in [0, 0.1) is 22.9 Å². The Labute approximate surface area is 136 Å². The van der Waals surface area contributed by atoms with Crippen molar-refractivity contribution in [3.05, 3.63) is 69.7 Å². The van der Waals surface area contributed by atoms with E-state index in [9.17, 15) is 19.3 Å². The number of hydrogen-bond donors (Lipinski definition) is 2. The maximum atomic E-state index is 13.5. The number of H-pyrrole nitrogens is 1. The lowest BCUT2D eigenvalue weighted by Crippen LogP contribution is -2.14. The molecule has 24 heavy (non-hydrogen) atoms. The van der Waals surface area contributed by atoms with Crippen molar-refractivity contribution in [1.29, 1.82) is 0 Å². The normalized spacial score (nSPS) is 10.8. The predicted molar refractivity (Wildman–Crippen MR) is 88.4 cm³/mol. The number of aryl methyl sites for hydroxylation is 1. The summed E-state index contributed by atoms with van der Waals surface area (Å²) in [4.78, 5) is 25.6. The molecule has 0 aliphatic heterocycles. The van der Waals surface area contributed by atoms with E-state index in [0.717, 1.165) is 11.2 Å². The number of carbonyl (C=O) groups excluding carboxylic acids is 1. The zero-order chi connectivity index (χ0) is 17.3. The SMILES string of the molecule is Cc1[nH]c2ccc(F)cc2c1CC(=O)Nc1cccc([N+](=O)[O-])c1. The van der Waals surface area contributed by atoms with Gasteiger partial charge in [-0.05, 0) is 36.8 Å². The molecule has 6 nitrogen and oxygen atoms in total. The molecule has 3 aromatic rings. The molecule has 0 aliphatic carbocycles. The minimum absolute atomic E-state index is 0.0397. The van der Waals surface area contributed by atoms with E-state index in [4.69, 9.17) is 0 Å². The Morgan fingerprint density at radius 3 is 2.83 bits per heavy atom. The van der Waals surface area contributed by atoms with Crippen molar-refractivity contribution < 1.29 is 14.1 Å². The fraction of sp³-hybridized carbons (Fsp3) is 0.118. The van der Waals surface area contributed by atoms with Crippen molar-refractivity contribution in [3.63, 3.8) is 0 Å². The van der Waals surface area contributed by atoms with Gasteiger partial charge in [0, 0.05) is 34.4 Å². The molecule has 2 N–H and O–H groups in total. The van der Waals surface area contributed by atoms with Crippen LogP contribution in [0.1, 0.15) is 11.3 Å². The molecule has 1 heterocycles. The van der Waals surface area contributed by atoms with Crippen LogP contribution in [0.3, 0.4) is 0 Å². The molecule has 0 radical (unpaired) electrons. The number of nitro groups is 1. The van der Waals surface area contributed by atoms with Crippen molar-refractivity contribution in [2.24, 2.45) is 0 Å². The number of non-ortho nitro benzene ring substituents is 1. The molecule has 0 unspecified atom stereocenters. The average Bonchev–Trinajstić information content (AvgIpc) is 2.83. The molecule has 7 heteroatoms. The van der Waals surface area contributed by atoms with Crippen LogP contribution < -0.4 is 5.32 Å². The van der Waals surface area contributed by atoms with Crippen molar-refractivity contribution in [2.45, 2.75) is 13.3 Å². The van der Waals surface area contributed by atoms with Crippen LogP contribution in [0.25, 0.3) is 10.9 Å². The van der Waals surface area contributed by atoms with Gasteiger partial charge in [-0.15, -0.1) is 0 Å². The largest absolute Gasteiger partial charge is 0.358 e. The third kappa shape index (κ3) is 3.10. The highest BCUT2D eigenvalue weighted by Gasteiger charge is 2.14. The molecule has 0 bridgehead atoms. The number of nitro benzene ring substituents is 1. The highest BCUT2D eigenvalue weighted by atomic mass is 19.1. The molecule has 1 aromatic heterocycles. The van der Waals surface area contributed by atoms with Gasteiger partial charge >= 0.3 is 0 Å². The monoisotopic (exact) mass is 327 g/mol. The zero-order valence-corrected chi connectivity index (χ0v) is 12.8. The Morgan fingerprint density at radius 1 is 1.29 bits per heavy atom. The van der Waals surface area contributed by atoms with Gasteiger partial charge in [0.15, 0.2) is 0 Å². The van der Waals surface area contributed by atoms with E-state index in [-0.39, 0.29) is 23.8 Å². The molecule has 0 aliphatic rings. The molecule has 0 saturated heterocycles. The van der Waals surface area contributed by atoms with Gasteiger partial charge in [0.2, 0.25) is 5.91 Å². The van der Waals surface area contributed by atoms with Crippen LogP contribution in [-0.2, 0) is 11.2 Å². The molecular weight excluding hydrogens is 313 g/mol. The van der Waals surface area contributed by atoms with Crippen LogP contribution in [0.2, 0.25) is 0 Å². The summed E-state index contributed by atoms with van der Waals surface area (Å²) in [5.41, 5.74) is 2.49. The summed E-state index contributed by atoms with van der Waals surface area (Å²) in [7, 11) is 0. The minimum atomic E-state index is -0.526. The molecule has 2 aromatic carbocycles. The first-order valence-electron chi connectivity index (χ1n) is 7.25. The first-order chi connectivity index (χ1) is 11.4. The Morgan fingerprint density at radius 2 is 2.08 bits per heavy atom. The molecule has 3 rings (SSSR count). The van der Waals surface area contributed by atoms with Crippen molar-refractivity contribution in [3.8, 4) is 0 Å². The van der Waals surface area contributed by atoms with Gasteiger partial charge in [0.1, 0.15) is 5.82 Å². The minimum Gasteiger partial charge on any atom is -0.358 e. The van der Waals surface area contributed by atoms with Crippen LogP contribution in [0.4, 0.5) is 15.8 Å². The number of halogens is 1. The number of aromatic nitrogens is 1. The summed E-state index contributed by atoms with van der Waals surface area (Å²) in [6.45, 7) is 1.81. The van der Waals surface area contributed by atoms with E-state index in [1.165, 1.54) is 30.3 Å². The molecule has 1 amide bonds. The number of aromatic amines is 1. The summed E-state index contributed by atoms with van der Waals surface area (Å²) >= 11 is 0. The van der Waals surface area contributed by atoms with Gasteiger partial charge in [-0.1, -0.05) is 6.07 Å². The quantitative estimate of drug-likeness (QED) is 0.565. The number of rotatable bonds is 4. The van der Waals surface area contributed by atoms with Crippen LogP contribution >= 0.6 is 0 Å². The topological polar surface area (TPSA) is 88.0 Å². The Hall–Kier alpha value is -3.22. The summed E-state index contributed by atoms with van der Waals surface area (Å²) in [5.74, 6) is -0.703. The smallest absolute Gasteiger partial charge is 0.271 e. The lowest BCUT2D eigenvalue weighted by Gasteiger charge is -2.05. The van der Waals surface area contributed by atoms with Gasteiger partial charge in [0.05, 0.1) is 11.3 Å². The number of fused-ring (bicyclic) bond motifs is 1. The second kappa shape index (κ2) is 6.11. The average molecular weight is 327 g/mol. The summed E-state index contributed by atoms with van der Waals surface area (Å²) in [5, 5.41) is 14.1. The van der Waals surface area contributed by atoms with Gasteiger partial charge in [-0.3, -0.25) is 14.9 Å². The second-order valence-corrected chi connectivity index (χ2v) is 5.45. The lowest BCUT2D eigenvalue weighted by atomic mass is 10.1. The number of hydrogen-bond acceptors (Lipinski definition) is 3. The predicted octanol–water partition coefficient (Wildman–Crippen LogP) is 3.70. The van der Waals surface area contributed by atoms with Crippen molar-refractivity contribution in [2.75, 3.05) is 5.32 Å². The van der Waals surface area contributed by atoms with Gasteiger partial charge < -0.3 is 10.3 Å². The zero-order valence-electron chi connectivity index (χ0n) is 12.8. The summed E-state index contributed by atoms with van der Waals surface area (Å²) in [6, 6.07) is 10.1. The first-order valence-corrected chi connectivity index (χ1v) is 7.25. The Bertz CT molecular complexity index is 949. The van der Waals surface area contributed by atoms with Gasteiger partial charge in [-0.2, -0.15) is 0 Å². The molecule has 122 valence electrons. The number of nitrogens with one attached hydrogen (secondary N) is 2. The van der Waals surface area contributed by atoms with E-state index in [1.54, 1.807) is 12.1 Å². The van der Waals surface area contributed by atoms with E-state index in [1.807, 2.05) is 6.92 Å². The summed E-state index contributed by atoms with van der Waals surface area (Å²) < 4.78 is 13.5. The van der Waals surface area contributed by atoms with Crippen LogP contribution in [0.5, 0.6) is 0 Å². The highest BCUT2D eigenvalue weighted by molar-refractivity contribution is 5.96. The fourth-order valence-electron chi connectivity index (χ4n) is 2.65. The van der Waals surface area contributed by atoms with Crippen molar-refractivity contribution >= 4 is 28.2 Å². The third-order valence-electron chi connectivity index (χ3n) is 3.76. The standard InChI is InChI=1S/C17H14FN3O3/c1-10-14(15-7-11(18)5-6-16(15)19-10)9-17(22)20-12-3-2-4-13(8-12)21(23)24/h2-8,19H,9H2,1H3,(H,20,22). The number of benzene rings is 2. The number of carbonyl (C=O) groups is 1. The molecule has 0 spiro atoms. The van der Waals surface area contributed by atoms with Gasteiger partial charge in [-0.25, -0.2) is 4.39 Å². The Balaban J connectivity index is 1.83. The Kier molecular flexibility index (Phi) is 3.99. The molecule has 0 saturated carbocycles. The van der Waals surface area contributed by atoms with Crippen LogP contribution in [-0.4, -0.2) is 15.8 Å². The van der Waals surface area contributed by atoms with E-state index < -0.39 is 4.92 Å². The maximum Gasteiger partial charge on any atom is 0.271 e. The highest BCUT2D eigenvalue weighted by Crippen LogP contribution is 2.24. The van der Waals surface area contributed by atoms with E-state index >= 15 is 0 Å².